The summed E-state index contributed by atoms with van der Waals surface area (Å²) in [6.07, 6.45) is 7.89. The Morgan fingerprint density at radius 2 is 2.00 bits per heavy atom. The van der Waals surface area contributed by atoms with Gasteiger partial charge in [-0.05, 0) is 92.2 Å². The average Bonchev–Trinajstić information content (AvgIpc) is 3.27. The molecule has 0 radical (unpaired) electrons. The van der Waals surface area contributed by atoms with Crippen LogP contribution in [0.1, 0.15) is 64.6 Å². The van der Waals surface area contributed by atoms with Crippen molar-refractivity contribution < 1.29 is 14.6 Å². The van der Waals surface area contributed by atoms with Crippen molar-refractivity contribution in [2.75, 3.05) is 6.54 Å². The molecule has 28 heavy (non-hydrogen) atoms. The smallest absolute Gasteiger partial charge is 0.117 e. The van der Waals surface area contributed by atoms with E-state index >= 15 is 0 Å². The summed E-state index contributed by atoms with van der Waals surface area (Å²) in [6.45, 7) is 10.8. The van der Waals surface area contributed by atoms with Gasteiger partial charge in [-0.25, -0.2) is 0 Å². The first-order valence-corrected chi connectivity index (χ1v) is 11.1. The van der Waals surface area contributed by atoms with Crippen LogP contribution < -0.4 is 5.32 Å². The van der Waals surface area contributed by atoms with Crippen molar-refractivity contribution in [3.8, 4) is 0 Å². The second-order valence-electron chi connectivity index (χ2n) is 10.1. The number of aliphatic hydroxyl groups is 2. The number of nitrogens with one attached hydrogen (secondary N) is 1. The molecule has 3 aliphatic rings. The summed E-state index contributed by atoms with van der Waals surface area (Å²) in [5.74, 6) is 2.59. The molecule has 0 aromatic carbocycles. The van der Waals surface area contributed by atoms with Crippen LogP contribution in [0.3, 0.4) is 0 Å². The predicted octanol–water partition coefficient (Wildman–Crippen LogP) is 4.28. The number of hydrogen-bond donors (Lipinski definition) is 3. The van der Waals surface area contributed by atoms with Gasteiger partial charge in [0.1, 0.15) is 5.76 Å². The van der Waals surface area contributed by atoms with Gasteiger partial charge in [0.25, 0.3) is 0 Å². The van der Waals surface area contributed by atoms with Crippen molar-refractivity contribution in [2.24, 2.45) is 28.6 Å². The van der Waals surface area contributed by atoms with Crippen LogP contribution in [-0.4, -0.2) is 29.0 Å². The average molecular weight is 388 g/mol. The van der Waals surface area contributed by atoms with Gasteiger partial charge in [-0.2, -0.15) is 0 Å². The highest BCUT2D eigenvalue weighted by Gasteiger charge is 2.56. The molecule has 4 heteroatoms. The number of rotatable bonds is 5. The molecule has 1 aromatic heterocycles. The minimum Gasteiger partial charge on any atom is -0.468 e. The zero-order valence-electron chi connectivity index (χ0n) is 17.5. The van der Waals surface area contributed by atoms with Crippen LogP contribution in [0.5, 0.6) is 0 Å². The molecule has 0 saturated heterocycles. The summed E-state index contributed by atoms with van der Waals surface area (Å²) in [5, 5.41) is 24.7. The van der Waals surface area contributed by atoms with E-state index in [0.717, 1.165) is 44.5 Å². The van der Waals surface area contributed by atoms with E-state index in [2.05, 4.69) is 25.7 Å². The van der Waals surface area contributed by atoms with Gasteiger partial charge < -0.3 is 19.9 Å². The summed E-state index contributed by atoms with van der Waals surface area (Å²) < 4.78 is 5.49. The summed E-state index contributed by atoms with van der Waals surface area (Å²) in [6, 6.07) is 3.95. The van der Waals surface area contributed by atoms with E-state index in [-0.39, 0.29) is 16.9 Å². The number of allylic oxidation sites excluding steroid dienone is 1. The molecule has 0 bridgehead atoms. The molecule has 0 spiro atoms. The van der Waals surface area contributed by atoms with E-state index in [1.807, 2.05) is 12.1 Å². The van der Waals surface area contributed by atoms with Crippen LogP contribution in [0.15, 0.2) is 35.0 Å². The van der Waals surface area contributed by atoms with Gasteiger partial charge in [0.05, 0.1) is 25.0 Å². The maximum Gasteiger partial charge on any atom is 0.117 e. The van der Waals surface area contributed by atoms with E-state index in [9.17, 15) is 10.2 Å². The van der Waals surface area contributed by atoms with Crippen LogP contribution in [0.2, 0.25) is 0 Å². The maximum absolute atomic E-state index is 11.0. The van der Waals surface area contributed by atoms with Gasteiger partial charge in [-0.1, -0.05) is 26.0 Å². The molecule has 4 nitrogen and oxygen atoms in total. The number of hydrogen-bond acceptors (Lipinski definition) is 4. The summed E-state index contributed by atoms with van der Waals surface area (Å²) in [4.78, 5) is 0. The predicted molar refractivity (Wildman–Crippen MR) is 111 cm³/mol. The second kappa shape index (κ2) is 7.62. The molecule has 0 aliphatic heterocycles. The Kier molecular flexibility index (Phi) is 5.49. The lowest BCUT2D eigenvalue weighted by Crippen LogP contribution is -2.54. The molecule has 3 saturated carbocycles. The molecule has 3 N–H and O–H groups in total. The molecule has 1 aromatic rings. The lowest BCUT2D eigenvalue weighted by Gasteiger charge is -2.55. The van der Waals surface area contributed by atoms with E-state index in [1.54, 1.807) is 6.26 Å². The summed E-state index contributed by atoms with van der Waals surface area (Å²) >= 11 is 0. The largest absolute Gasteiger partial charge is 0.468 e. The molecule has 2 unspecified atom stereocenters. The molecule has 1 heterocycles. The first kappa shape index (κ1) is 20.2. The van der Waals surface area contributed by atoms with Crippen molar-refractivity contribution in [3.63, 3.8) is 0 Å². The standard InChI is InChI=1S/C24H37NO3/c1-16-6-7-20-19(15-25-14-18-5-4-12-28-18)21(9-11-23(16,20)2)24(3)10-8-17(26)13-22(24)27/h4-5,12,17,19-22,25-27H,1,6-11,13-15H2,2-3H3/t17-,19-,20?,21?,22-,23+,24+/m0/s1. The topological polar surface area (TPSA) is 65.6 Å². The molecule has 0 amide bonds. The van der Waals surface area contributed by atoms with E-state index in [1.165, 1.54) is 18.4 Å². The number of furan rings is 1. The maximum atomic E-state index is 11.0. The normalized spacial score (nSPS) is 43.9. The fourth-order valence-electron chi connectivity index (χ4n) is 6.79. The number of fused-ring (bicyclic) bond motifs is 1. The lowest BCUT2D eigenvalue weighted by molar-refractivity contribution is -0.118. The van der Waals surface area contributed by atoms with Crippen molar-refractivity contribution in [3.05, 3.63) is 36.3 Å². The second-order valence-corrected chi connectivity index (χ2v) is 10.1. The highest BCUT2D eigenvalue weighted by Crippen LogP contribution is 2.62. The first-order valence-electron chi connectivity index (χ1n) is 11.1. The molecule has 3 aliphatic carbocycles. The van der Waals surface area contributed by atoms with Crippen molar-refractivity contribution in [1.29, 1.82) is 0 Å². The van der Waals surface area contributed by atoms with E-state index in [4.69, 9.17) is 4.42 Å². The molecular weight excluding hydrogens is 350 g/mol. The zero-order chi connectivity index (χ0) is 19.9. The van der Waals surface area contributed by atoms with E-state index in [0.29, 0.717) is 24.2 Å². The van der Waals surface area contributed by atoms with Crippen LogP contribution in [-0.2, 0) is 6.54 Å². The highest BCUT2D eigenvalue weighted by atomic mass is 16.3. The van der Waals surface area contributed by atoms with Crippen LogP contribution in [0.25, 0.3) is 0 Å². The zero-order valence-corrected chi connectivity index (χ0v) is 17.5. The minimum absolute atomic E-state index is 0.110. The fraction of sp³-hybridized carbons (Fsp3) is 0.750. The van der Waals surface area contributed by atoms with Gasteiger partial charge in [0.2, 0.25) is 0 Å². The van der Waals surface area contributed by atoms with Crippen LogP contribution in [0, 0.1) is 28.6 Å². The third kappa shape index (κ3) is 3.38. The third-order valence-electron chi connectivity index (χ3n) is 8.77. The van der Waals surface area contributed by atoms with Crippen molar-refractivity contribution >= 4 is 0 Å². The van der Waals surface area contributed by atoms with Gasteiger partial charge in [0, 0.05) is 0 Å². The Hall–Kier alpha value is -1.10. The SMILES string of the molecule is C=C1CCC2[C@H](CNCc3ccco3)C([C@@]3(C)CC[C@H](O)C[C@@H]3O)CC[C@]12C. The minimum atomic E-state index is -0.414. The van der Waals surface area contributed by atoms with Gasteiger partial charge in [-0.3, -0.25) is 0 Å². The quantitative estimate of drug-likeness (QED) is 0.660. The Morgan fingerprint density at radius 1 is 1.18 bits per heavy atom. The van der Waals surface area contributed by atoms with Crippen molar-refractivity contribution in [2.45, 2.75) is 77.5 Å². The Bertz CT molecular complexity index is 686. The van der Waals surface area contributed by atoms with E-state index < -0.39 is 6.10 Å². The molecule has 3 fully saturated rings. The molecule has 156 valence electrons. The Morgan fingerprint density at radius 3 is 2.71 bits per heavy atom. The monoisotopic (exact) mass is 387 g/mol. The molecule has 4 rings (SSSR count). The lowest BCUT2D eigenvalue weighted by atomic mass is 9.51. The molecular formula is C24H37NO3. The molecule has 7 atom stereocenters. The van der Waals surface area contributed by atoms with Crippen LogP contribution in [0.4, 0.5) is 0 Å². The van der Waals surface area contributed by atoms with Gasteiger partial charge in [-0.15, -0.1) is 0 Å². The fourth-order valence-corrected chi connectivity index (χ4v) is 6.79. The Balaban J connectivity index is 1.56. The van der Waals surface area contributed by atoms with Gasteiger partial charge >= 0.3 is 0 Å². The van der Waals surface area contributed by atoms with Gasteiger partial charge in [0.15, 0.2) is 0 Å². The number of aliphatic hydroxyl groups excluding tert-OH is 2. The Labute approximate surface area is 169 Å². The van der Waals surface area contributed by atoms with Crippen LogP contribution >= 0.6 is 0 Å². The summed E-state index contributed by atoms with van der Waals surface area (Å²) in [5.41, 5.74) is 1.56. The summed E-state index contributed by atoms with van der Waals surface area (Å²) in [7, 11) is 0. The third-order valence-corrected chi connectivity index (χ3v) is 8.77. The highest BCUT2D eigenvalue weighted by molar-refractivity contribution is 5.21. The van der Waals surface area contributed by atoms with Crippen molar-refractivity contribution in [1.82, 2.24) is 5.32 Å². The first-order chi connectivity index (χ1) is 13.3.